The number of carbonyl (C=O) groups is 2. The molecular formula is C35H46N2O9S. The van der Waals surface area contributed by atoms with Crippen LogP contribution in [0, 0.1) is 5.92 Å². The van der Waals surface area contributed by atoms with Gasteiger partial charge in [-0.2, -0.15) is 0 Å². The molecule has 0 aliphatic carbocycles. The van der Waals surface area contributed by atoms with E-state index in [0.717, 1.165) is 12.8 Å². The van der Waals surface area contributed by atoms with Crippen molar-refractivity contribution in [3.63, 3.8) is 0 Å². The van der Waals surface area contributed by atoms with Gasteiger partial charge in [0.15, 0.2) is 45.5 Å². The fraction of sp³-hybridized carbons (Fsp3) is 0.429. The van der Waals surface area contributed by atoms with Crippen molar-refractivity contribution in [2.24, 2.45) is 5.92 Å². The number of carbonyl (C=O) groups excluding carboxylic acids is 2. The number of anilines is 2. The van der Waals surface area contributed by atoms with Crippen molar-refractivity contribution in [3.8, 4) is 23.0 Å². The van der Waals surface area contributed by atoms with Gasteiger partial charge in [0.1, 0.15) is 0 Å². The van der Waals surface area contributed by atoms with Crippen molar-refractivity contribution in [1.82, 2.24) is 5.32 Å². The van der Waals surface area contributed by atoms with E-state index in [0.29, 0.717) is 18.7 Å². The molecule has 4 rings (SSSR count). The Kier molecular flexibility index (Phi) is 13.8. The quantitative estimate of drug-likeness (QED) is 0.118. The van der Waals surface area contributed by atoms with Crippen LogP contribution in [0.3, 0.4) is 0 Å². The molecule has 12 heteroatoms. The fourth-order valence-corrected chi connectivity index (χ4v) is 7.10. The molecule has 47 heavy (non-hydrogen) atoms. The summed E-state index contributed by atoms with van der Waals surface area (Å²) >= 11 is 0. The average Bonchev–Trinajstić information content (AvgIpc) is 3.19. The molecule has 0 radical (unpaired) electrons. The minimum Gasteiger partial charge on any atom is -0.504 e. The number of nitrogens with one attached hydrogen (secondary N) is 1. The van der Waals surface area contributed by atoms with E-state index in [1.165, 1.54) is 57.1 Å². The Morgan fingerprint density at radius 2 is 1.64 bits per heavy atom. The highest BCUT2D eigenvalue weighted by molar-refractivity contribution is 7.91. The maximum atomic E-state index is 13.5. The van der Waals surface area contributed by atoms with Crippen LogP contribution in [0.1, 0.15) is 64.5 Å². The van der Waals surface area contributed by atoms with Crippen LogP contribution in [0.15, 0.2) is 65.6 Å². The second-order valence-corrected chi connectivity index (χ2v) is 13.2. The molecule has 1 aliphatic heterocycles. The molecule has 0 spiro atoms. The number of rotatable bonds is 12. The number of para-hydroxylation sites is 2. The largest absolute Gasteiger partial charge is 0.504 e. The molecule has 3 aromatic rings. The number of hydrogen-bond donors (Lipinski definition) is 3. The lowest BCUT2D eigenvalue weighted by Crippen LogP contribution is -2.37. The number of unbranched alkanes of at least 4 members (excludes halogenated alkanes) is 3. The first-order valence-corrected chi connectivity index (χ1v) is 17.4. The van der Waals surface area contributed by atoms with Gasteiger partial charge in [-0.3, -0.25) is 4.79 Å². The summed E-state index contributed by atoms with van der Waals surface area (Å²) in [6.45, 7) is 6.27. The number of amides is 1. The lowest BCUT2D eigenvalue weighted by atomic mass is 10.1. The van der Waals surface area contributed by atoms with E-state index < -0.39 is 45.9 Å². The standard InChI is InChI=1S/C29H32N2O9S.C6H14/c1-4-18-15-31(19-9-6-5-7-10-19)21-13-23(38-2)24(14-25(21)41(36,37)17-18)40-16-26(33)30-27(29(35)39-3)20-11-8-12-22(32)28(20)34;1-3-5-6-4-2/h5-14,18,27,32,34H,4,15-17H2,1-3H3,(H,30,33);3-6H2,1-2H3. The van der Waals surface area contributed by atoms with Crippen LogP contribution in [0.2, 0.25) is 0 Å². The van der Waals surface area contributed by atoms with E-state index in [1.54, 1.807) is 6.07 Å². The van der Waals surface area contributed by atoms with E-state index in [2.05, 4.69) is 19.2 Å². The smallest absolute Gasteiger partial charge is 0.333 e. The SMILES string of the molecule is CCC1CN(c2ccccc2)c2cc(OC)c(OCC(=O)NC(C(=O)OC)c3cccc(O)c3O)cc2S(=O)(=O)C1.CCCCCC. The number of nitrogens with zero attached hydrogens (tertiary/aromatic N) is 1. The molecule has 11 nitrogen and oxygen atoms in total. The molecule has 1 amide bonds. The fourth-order valence-electron chi connectivity index (χ4n) is 5.18. The summed E-state index contributed by atoms with van der Waals surface area (Å²) in [5, 5.41) is 22.4. The molecule has 2 atom stereocenters. The van der Waals surface area contributed by atoms with Crippen molar-refractivity contribution >= 4 is 33.1 Å². The van der Waals surface area contributed by atoms with E-state index in [1.807, 2.05) is 42.2 Å². The van der Waals surface area contributed by atoms with Crippen LogP contribution in [0.4, 0.5) is 11.4 Å². The average molecular weight is 671 g/mol. The van der Waals surface area contributed by atoms with Crippen molar-refractivity contribution in [2.45, 2.75) is 63.8 Å². The van der Waals surface area contributed by atoms with Crippen LogP contribution in [0.5, 0.6) is 23.0 Å². The van der Waals surface area contributed by atoms with Gasteiger partial charge in [0.05, 0.1) is 30.6 Å². The molecule has 0 bridgehead atoms. The summed E-state index contributed by atoms with van der Waals surface area (Å²) < 4.78 is 43.0. The number of ether oxygens (including phenoxy) is 3. The van der Waals surface area contributed by atoms with Gasteiger partial charge < -0.3 is 34.6 Å². The summed E-state index contributed by atoms with van der Waals surface area (Å²) in [4.78, 5) is 27.2. The topological polar surface area (TPSA) is 152 Å². The molecule has 256 valence electrons. The number of aromatic hydroxyl groups is 2. The molecular weight excluding hydrogens is 624 g/mol. The van der Waals surface area contributed by atoms with E-state index in [4.69, 9.17) is 14.2 Å². The van der Waals surface area contributed by atoms with Crippen LogP contribution in [-0.2, 0) is 24.2 Å². The van der Waals surface area contributed by atoms with Gasteiger partial charge in [-0.1, -0.05) is 83.2 Å². The Balaban J connectivity index is 0.000000913. The number of benzene rings is 3. The number of phenolic OH excluding ortho intramolecular Hbond substituents is 2. The summed E-state index contributed by atoms with van der Waals surface area (Å²) in [5.41, 5.74) is 1.18. The van der Waals surface area contributed by atoms with Crippen LogP contribution < -0.4 is 19.7 Å². The highest BCUT2D eigenvalue weighted by atomic mass is 32.2. The molecule has 0 saturated heterocycles. The third kappa shape index (κ3) is 9.54. The Bertz CT molecular complexity index is 1590. The van der Waals surface area contributed by atoms with E-state index in [-0.39, 0.29) is 33.6 Å². The van der Waals surface area contributed by atoms with Crippen molar-refractivity contribution in [3.05, 3.63) is 66.2 Å². The summed E-state index contributed by atoms with van der Waals surface area (Å²) in [6, 6.07) is 14.9. The predicted molar refractivity (Wildman–Crippen MR) is 180 cm³/mol. The zero-order valence-electron chi connectivity index (χ0n) is 27.7. The van der Waals surface area contributed by atoms with E-state index in [9.17, 15) is 28.2 Å². The van der Waals surface area contributed by atoms with Gasteiger partial charge in [-0.05, 0) is 24.1 Å². The number of sulfone groups is 1. The second kappa shape index (κ2) is 17.5. The Hall–Kier alpha value is -4.45. The maximum Gasteiger partial charge on any atom is 0.333 e. The van der Waals surface area contributed by atoms with E-state index >= 15 is 0 Å². The Morgan fingerprint density at radius 1 is 0.957 bits per heavy atom. The Morgan fingerprint density at radius 3 is 2.23 bits per heavy atom. The van der Waals surface area contributed by atoms with Gasteiger partial charge in [-0.25, -0.2) is 13.2 Å². The molecule has 1 heterocycles. The molecule has 0 aromatic heterocycles. The van der Waals surface area contributed by atoms with Gasteiger partial charge in [0, 0.05) is 29.9 Å². The van der Waals surface area contributed by atoms with Crippen LogP contribution >= 0.6 is 0 Å². The lowest BCUT2D eigenvalue weighted by molar-refractivity contribution is -0.145. The molecule has 3 aromatic carbocycles. The minimum absolute atomic E-state index is 0.0164. The van der Waals surface area contributed by atoms with Crippen LogP contribution in [-0.4, -0.2) is 63.6 Å². The number of fused-ring (bicyclic) bond motifs is 1. The maximum absolute atomic E-state index is 13.5. The van der Waals surface area contributed by atoms with Gasteiger partial charge >= 0.3 is 5.97 Å². The van der Waals surface area contributed by atoms with Gasteiger partial charge in [0.2, 0.25) is 0 Å². The number of methoxy groups -OCH3 is 2. The molecule has 2 unspecified atom stereocenters. The third-order valence-corrected chi connectivity index (χ3v) is 9.73. The number of hydrogen-bond acceptors (Lipinski definition) is 10. The minimum atomic E-state index is -3.74. The zero-order valence-corrected chi connectivity index (χ0v) is 28.5. The molecule has 1 aliphatic rings. The molecule has 3 N–H and O–H groups in total. The molecule has 0 fully saturated rings. The summed E-state index contributed by atoms with van der Waals surface area (Å²) in [5.74, 6) is -2.69. The van der Waals surface area contributed by atoms with Gasteiger partial charge in [-0.15, -0.1) is 0 Å². The first-order chi connectivity index (χ1) is 22.5. The Labute approximate surface area is 277 Å². The number of esters is 1. The first-order valence-electron chi connectivity index (χ1n) is 15.8. The summed E-state index contributed by atoms with van der Waals surface area (Å²) in [7, 11) is -1.22. The summed E-state index contributed by atoms with van der Waals surface area (Å²) in [6.07, 6.45) is 6.20. The molecule has 0 saturated carbocycles. The first kappa shape index (κ1) is 37.0. The zero-order chi connectivity index (χ0) is 34.6. The highest BCUT2D eigenvalue weighted by Gasteiger charge is 2.34. The third-order valence-electron chi connectivity index (χ3n) is 7.83. The lowest BCUT2D eigenvalue weighted by Gasteiger charge is -2.27. The van der Waals surface area contributed by atoms with Crippen molar-refractivity contribution in [1.29, 1.82) is 0 Å². The predicted octanol–water partition coefficient (Wildman–Crippen LogP) is 6.05. The normalized spacial score (nSPS) is 15.6. The monoisotopic (exact) mass is 670 g/mol. The van der Waals surface area contributed by atoms with Crippen molar-refractivity contribution < 1.29 is 42.4 Å². The second-order valence-electron chi connectivity index (χ2n) is 11.2. The van der Waals surface area contributed by atoms with Crippen molar-refractivity contribution in [2.75, 3.05) is 38.0 Å². The number of phenols is 2. The van der Waals surface area contributed by atoms with Gasteiger partial charge in [0.25, 0.3) is 5.91 Å². The highest BCUT2D eigenvalue weighted by Crippen LogP contribution is 2.43. The van der Waals surface area contributed by atoms with Crippen LogP contribution in [0.25, 0.3) is 0 Å².